The minimum atomic E-state index is -1.37. The molecule has 2 N–H and O–H groups in total. The van der Waals surface area contributed by atoms with E-state index in [0.29, 0.717) is 5.33 Å². The normalized spacial score (nSPS) is 39.9. The lowest BCUT2D eigenvalue weighted by molar-refractivity contribution is -0.146. The number of esters is 1. The van der Waals surface area contributed by atoms with E-state index in [0.717, 1.165) is 0 Å². The molecule has 58 valence electrons. The highest BCUT2D eigenvalue weighted by molar-refractivity contribution is 9.09. The zero-order valence-electron chi connectivity index (χ0n) is 5.03. The Hall–Kier alpha value is -0.130. The Morgan fingerprint density at radius 2 is 2.20 bits per heavy atom. The van der Waals surface area contributed by atoms with Gasteiger partial charge in [0.2, 0.25) is 0 Å². The highest BCUT2D eigenvalue weighted by atomic mass is 79.9. The number of hydrogen-bond acceptors (Lipinski definition) is 4. The van der Waals surface area contributed by atoms with Crippen molar-refractivity contribution < 1.29 is 19.7 Å². The summed E-state index contributed by atoms with van der Waals surface area (Å²) in [4.78, 5) is 10.5. The van der Waals surface area contributed by atoms with Gasteiger partial charge >= 0.3 is 5.97 Å². The predicted octanol–water partition coefficient (Wildman–Crippen LogP) is -0.972. The topological polar surface area (TPSA) is 66.8 Å². The number of rotatable bonds is 1. The standard InChI is InChI=1S/C5H7BrO4/c6-1-2-3(7)4(8)5(9)10-2/h2-4,7-8H,1H2/t2-,3-,4+/m1/s1. The second-order valence-corrected chi connectivity index (χ2v) is 2.71. The minimum absolute atomic E-state index is 0.344. The molecule has 0 bridgehead atoms. The van der Waals surface area contributed by atoms with Crippen molar-refractivity contribution in [3.63, 3.8) is 0 Å². The van der Waals surface area contributed by atoms with Crippen LogP contribution in [0.25, 0.3) is 0 Å². The number of halogens is 1. The van der Waals surface area contributed by atoms with E-state index in [-0.39, 0.29) is 0 Å². The molecule has 0 aromatic carbocycles. The minimum Gasteiger partial charge on any atom is -0.457 e. The molecule has 1 aliphatic heterocycles. The van der Waals surface area contributed by atoms with Gasteiger partial charge in [-0.15, -0.1) is 0 Å². The third kappa shape index (κ3) is 1.16. The van der Waals surface area contributed by atoms with E-state index in [4.69, 9.17) is 10.2 Å². The molecule has 3 atom stereocenters. The highest BCUT2D eigenvalue weighted by Gasteiger charge is 2.41. The van der Waals surface area contributed by atoms with Gasteiger partial charge in [-0.05, 0) is 0 Å². The Labute approximate surface area is 65.9 Å². The SMILES string of the molecule is O=C1O[C@H](CBr)[C@@H](O)[C@@H]1O. The van der Waals surface area contributed by atoms with Gasteiger partial charge in [-0.3, -0.25) is 0 Å². The summed E-state index contributed by atoms with van der Waals surface area (Å²) in [5, 5.41) is 18.2. The summed E-state index contributed by atoms with van der Waals surface area (Å²) in [6.07, 6.45) is -3.07. The molecule has 1 saturated heterocycles. The summed E-state index contributed by atoms with van der Waals surface area (Å²) in [6, 6.07) is 0. The van der Waals surface area contributed by atoms with Gasteiger partial charge < -0.3 is 14.9 Å². The van der Waals surface area contributed by atoms with Gasteiger partial charge in [-0.25, -0.2) is 4.79 Å². The Balaban J connectivity index is 2.61. The molecule has 5 heteroatoms. The van der Waals surface area contributed by atoms with Crippen LogP contribution in [-0.4, -0.2) is 39.8 Å². The maximum Gasteiger partial charge on any atom is 0.338 e. The monoisotopic (exact) mass is 210 g/mol. The maximum absolute atomic E-state index is 10.5. The summed E-state index contributed by atoms with van der Waals surface area (Å²) >= 11 is 3.02. The van der Waals surface area contributed by atoms with Crippen molar-refractivity contribution in [1.29, 1.82) is 0 Å². The van der Waals surface area contributed by atoms with Gasteiger partial charge in [0.1, 0.15) is 12.2 Å². The number of ether oxygens (including phenoxy) is 1. The van der Waals surface area contributed by atoms with Crippen LogP contribution in [0.1, 0.15) is 0 Å². The molecule has 1 heterocycles. The van der Waals surface area contributed by atoms with Gasteiger partial charge in [0, 0.05) is 5.33 Å². The number of alkyl halides is 1. The third-order valence-corrected chi connectivity index (χ3v) is 2.00. The fourth-order valence-electron chi connectivity index (χ4n) is 0.754. The molecule has 0 aromatic heterocycles. The van der Waals surface area contributed by atoms with Crippen molar-refractivity contribution in [1.82, 2.24) is 0 Å². The summed E-state index contributed by atoms with van der Waals surface area (Å²) < 4.78 is 4.55. The molecule has 0 spiro atoms. The predicted molar refractivity (Wildman–Crippen MR) is 35.7 cm³/mol. The lowest BCUT2D eigenvalue weighted by Crippen LogP contribution is -2.31. The van der Waals surface area contributed by atoms with Crippen molar-refractivity contribution in [2.45, 2.75) is 18.3 Å². The van der Waals surface area contributed by atoms with Crippen molar-refractivity contribution in [2.24, 2.45) is 0 Å². The smallest absolute Gasteiger partial charge is 0.338 e. The molecule has 10 heavy (non-hydrogen) atoms. The van der Waals surface area contributed by atoms with E-state index in [9.17, 15) is 4.79 Å². The first-order chi connectivity index (χ1) is 4.66. The van der Waals surface area contributed by atoms with Crippen LogP contribution in [0.2, 0.25) is 0 Å². The van der Waals surface area contributed by atoms with Crippen LogP contribution in [0.5, 0.6) is 0 Å². The molecule has 1 aliphatic rings. The van der Waals surface area contributed by atoms with E-state index in [1.165, 1.54) is 0 Å². The quantitative estimate of drug-likeness (QED) is 0.432. The summed E-state index contributed by atoms with van der Waals surface area (Å²) in [5.74, 6) is -0.753. The van der Waals surface area contributed by atoms with Gasteiger partial charge in [0.05, 0.1) is 0 Å². The molecule has 0 aliphatic carbocycles. The second kappa shape index (κ2) is 2.86. The molecule has 0 unspecified atom stereocenters. The molecule has 1 fully saturated rings. The molecule has 0 radical (unpaired) electrons. The lowest BCUT2D eigenvalue weighted by Gasteiger charge is -2.08. The summed E-state index contributed by atoms with van der Waals surface area (Å²) in [5.41, 5.74) is 0. The van der Waals surface area contributed by atoms with E-state index in [1.54, 1.807) is 0 Å². The van der Waals surface area contributed by atoms with Crippen molar-refractivity contribution >= 4 is 21.9 Å². The van der Waals surface area contributed by atoms with Gasteiger partial charge in [-0.2, -0.15) is 0 Å². The first-order valence-electron chi connectivity index (χ1n) is 2.79. The molecular formula is C5H7BrO4. The fourth-order valence-corrected chi connectivity index (χ4v) is 1.27. The Kier molecular flexibility index (Phi) is 2.28. The van der Waals surface area contributed by atoms with Crippen LogP contribution in [0, 0.1) is 0 Å². The van der Waals surface area contributed by atoms with Crippen LogP contribution < -0.4 is 0 Å². The first kappa shape index (κ1) is 7.97. The van der Waals surface area contributed by atoms with Crippen molar-refractivity contribution in [3.05, 3.63) is 0 Å². The van der Waals surface area contributed by atoms with Crippen LogP contribution in [0.15, 0.2) is 0 Å². The van der Waals surface area contributed by atoms with Crippen molar-refractivity contribution in [3.8, 4) is 0 Å². The number of aliphatic hydroxyl groups excluding tert-OH is 2. The van der Waals surface area contributed by atoms with Crippen LogP contribution in [0.3, 0.4) is 0 Å². The number of carbonyl (C=O) groups excluding carboxylic acids is 1. The number of hydrogen-bond donors (Lipinski definition) is 2. The van der Waals surface area contributed by atoms with E-state index in [1.807, 2.05) is 0 Å². The largest absolute Gasteiger partial charge is 0.457 e. The Morgan fingerprint density at radius 3 is 2.40 bits per heavy atom. The molecule has 0 aromatic rings. The van der Waals surface area contributed by atoms with Crippen molar-refractivity contribution in [2.75, 3.05) is 5.33 Å². The van der Waals surface area contributed by atoms with E-state index < -0.39 is 24.3 Å². The zero-order chi connectivity index (χ0) is 7.72. The van der Waals surface area contributed by atoms with Crippen LogP contribution >= 0.6 is 15.9 Å². The molecule has 4 nitrogen and oxygen atoms in total. The fraction of sp³-hybridized carbons (Fsp3) is 0.800. The zero-order valence-corrected chi connectivity index (χ0v) is 6.61. The first-order valence-corrected chi connectivity index (χ1v) is 3.91. The second-order valence-electron chi connectivity index (χ2n) is 2.07. The number of carbonyl (C=O) groups is 1. The van der Waals surface area contributed by atoms with Gasteiger partial charge in [0.25, 0.3) is 0 Å². The van der Waals surface area contributed by atoms with Crippen LogP contribution in [-0.2, 0) is 9.53 Å². The highest BCUT2D eigenvalue weighted by Crippen LogP contribution is 2.16. The van der Waals surface area contributed by atoms with E-state index >= 15 is 0 Å². The average Bonchev–Trinajstić information content (AvgIpc) is 2.17. The summed E-state index contributed by atoms with van der Waals surface area (Å²) in [6.45, 7) is 0. The Bertz CT molecular complexity index is 149. The molecule has 0 saturated carbocycles. The number of aliphatic hydroxyl groups is 2. The Morgan fingerprint density at radius 1 is 1.60 bits per heavy atom. The maximum atomic E-state index is 10.5. The van der Waals surface area contributed by atoms with Gasteiger partial charge in [-0.1, -0.05) is 15.9 Å². The molecular weight excluding hydrogens is 204 g/mol. The third-order valence-electron chi connectivity index (χ3n) is 1.37. The molecule has 1 rings (SSSR count). The average molecular weight is 211 g/mol. The molecule has 0 amide bonds. The lowest BCUT2D eigenvalue weighted by atomic mass is 10.2. The summed E-state index contributed by atoms with van der Waals surface area (Å²) in [7, 11) is 0. The van der Waals surface area contributed by atoms with E-state index in [2.05, 4.69) is 20.7 Å². The number of cyclic esters (lactones) is 1. The van der Waals surface area contributed by atoms with Gasteiger partial charge in [0.15, 0.2) is 6.10 Å². The van der Waals surface area contributed by atoms with Crippen LogP contribution in [0.4, 0.5) is 0 Å².